The molecule has 3 nitrogen and oxygen atoms in total. The van der Waals surface area contributed by atoms with Crippen LogP contribution in [-0.4, -0.2) is 24.1 Å². The molecule has 0 bridgehead atoms. The molecule has 2 aromatic heterocycles. The van der Waals surface area contributed by atoms with Crippen LogP contribution in [0.2, 0.25) is 0 Å². The van der Waals surface area contributed by atoms with Gasteiger partial charge in [-0.05, 0) is 16.8 Å². The van der Waals surface area contributed by atoms with Crippen molar-refractivity contribution in [1.29, 1.82) is 0 Å². The Hall–Kier alpha value is -0.750. The average molecular weight is 239 g/mol. The quantitative estimate of drug-likeness (QED) is 0.831. The van der Waals surface area contributed by atoms with E-state index < -0.39 is 0 Å². The van der Waals surface area contributed by atoms with E-state index in [9.17, 15) is 0 Å². The van der Waals surface area contributed by atoms with Crippen LogP contribution in [0.15, 0.2) is 23.0 Å². The Bertz CT molecular complexity index is 406. The largest absolute Gasteiger partial charge is 0.250 e. The third-order valence-electron chi connectivity index (χ3n) is 1.91. The van der Waals surface area contributed by atoms with Gasteiger partial charge in [0, 0.05) is 25.9 Å². The third-order valence-corrected chi connectivity index (χ3v) is 3.64. The Balaban J connectivity index is 2.04. The summed E-state index contributed by atoms with van der Waals surface area (Å²) >= 11 is 3.46. The zero-order valence-electron chi connectivity index (χ0n) is 8.73. The lowest BCUT2D eigenvalue weighted by Crippen LogP contribution is -2.29. The van der Waals surface area contributed by atoms with Crippen molar-refractivity contribution < 1.29 is 0 Å². The lowest BCUT2D eigenvalue weighted by molar-refractivity contribution is 0.286. The van der Waals surface area contributed by atoms with Gasteiger partial charge in [-0.15, -0.1) is 11.3 Å². The van der Waals surface area contributed by atoms with Crippen molar-refractivity contribution >= 4 is 22.7 Å². The van der Waals surface area contributed by atoms with Crippen LogP contribution in [0.1, 0.15) is 5.01 Å². The van der Waals surface area contributed by atoms with Gasteiger partial charge in [0.05, 0.1) is 11.4 Å². The number of rotatable bonds is 4. The van der Waals surface area contributed by atoms with E-state index in [2.05, 4.69) is 27.2 Å². The van der Waals surface area contributed by atoms with E-state index in [4.69, 9.17) is 0 Å². The number of hydrazine groups is 1. The van der Waals surface area contributed by atoms with Crippen LogP contribution in [0, 0.1) is 0 Å². The molecule has 5 heteroatoms. The average Bonchev–Trinajstić information content (AvgIpc) is 2.85. The second-order valence-corrected chi connectivity index (χ2v) is 5.25. The molecule has 0 atom stereocenters. The molecule has 2 aromatic rings. The van der Waals surface area contributed by atoms with Gasteiger partial charge in [-0.2, -0.15) is 11.3 Å². The Kier molecular flexibility index (Phi) is 3.48. The van der Waals surface area contributed by atoms with E-state index >= 15 is 0 Å². The number of nitrogens with zero attached hydrogens (tertiary/aromatic N) is 2. The van der Waals surface area contributed by atoms with E-state index in [0.29, 0.717) is 0 Å². The SMILES string of the molecule is CN(C)NCc1ncc(-c2ccsc2)s1. The van der Waals surface area contributed by atoms with Gasteiger partial charge in [0.25, 0.3) is 0 Å². The van der Waals surface area contributed by atoms with Crippen LogP contribution in [0.5, 0.6) is 0 Å². The zero-order valence-corrected chi connectivity index (χ0v) is 10.4. The summed E-state index contributed by atoms with van der Waals surface area (Å²) in [6.45, 7) is 0.793. The summed E-state index contributed by atoms with van der Waals surface area (Å²) < 4.78 is 0. The highest BCUT2D eigenvalue weighted by Crippen LogP contribution is 2.27. The number of hydrogen-bond acceptors (Lipinski definition) is 5. The first-order valence-electron chi connectivity index (χ1n) is 4.64. The van der Waals surface area contributed by atoms with Crippen LogP contribution < -0.4 is 5.43 Å². The fourth-order valence-electron chi connectivity index (χ4n) is 1.16. The highest BCUT2D eigenvalue weighted by atomic mass is 32.1. The van der Waals surface area contributed by atoms with Crippen molar-refractivity contribution in [2.75, 3.05) is 14.1 Å². The van der Waals surface area contributed by atoms with E-state index in [1.807, 2.05) is 25.3 Å². The van der Waals surface area contributed by atoms with Gasteiger partial charge < -0.3 is 0 Å². The molecule has 0 aliphatic heterocycles. The molecule has 2 rings (SSSR count). The van der Waals surface area contributed by atoms with Crippen molar-refractivity contribution in [3.8, 4) is 10.4 Å². The summed E-state index contributed by atoms with van der Waals surface area (Å²) in [5.41, 5.74) is 4.48. The van der Waals surface area contributed by atoms with Crippen LogP contribution in [-0.2, 0) is 6.54 Å². The summed E-state index contributed by atoms with van der Waals surface area (Å²) in [7, 11) is 3.96. The van der Waals surface area contributed by atoms with Crippen LogP contribution in [0.3, 0.4) is 0 Å². The number of nitrogens with one attached hydrogen (secondary N) is 1. The predicted molar refractivity (Wildman–Crippen MR) is 66.0 cm³/mol. The highest BCUT2D eigenvalue weighted by molar-refractivity contribution is 7.15. The van der Waals surface area contributed by atoms with Crippen molar-refractivity contribution in [2.24, 2.45) is 0 Å². The van der Waals surface area contributed by atoms with Crippen molar-refractivity contribution in [3.63, 3.8) is 0 Å². The summed E-state index contributed by atoms with van der Waals surface area (Å²) in [5.74, 6) is 0. The second kappa shape index (κ2) is 4.85. The smallest absolute Gasteiger partial charge is 0.108 e. The number of aromatic nitrogens is 1. The number of hydrogen-bond donors (Lipinski definition) is 1. The first-order chi connectivity index (χ1) is 7.25. The summed E-state index contributed by atoms with van der Waals surface area (Å²) in [4.78, 5) is 5.62. The molecule has 0 unspecified atom stereocenters. The highest BCUT2D eigenvalue weighted by Gasteiger charge is 2.04. The predicted octanol–water partition coefficient (Wildman–Crippen LogP) is 2.44. The van der Waals surface area contributed by atoms with Crippen LogP contribution >= 0.6 is 22.7 Å². The molecule has 0 aliphatic carbocycles. The molecule has 80 valence electrons. The van der Waals surface area contributed by atoms with Crippen LogP contribution in [0.25, 0.3) is 10.4 Å². The zero-order chi connectivity index (χ0) is 10.7. The molecule has 0 spiro atoms. The van der Waals surface area contributed by atoms with E-state index in [0.717, 1.165) is 11.6 Å². The van der Waals surface area contributed by atoms with Gasteiger partial charge >= 0.3 is 0 Å². The Morgan fingerprint density at radius 1 is 1.47 bits per heavy atom. The standard InChI is InChI=1S/C10H13N3S2/c1-13(2)12-6-10-11-5-9(15-10)8-3-4-14-7-8/h3-5,7,12H,6H2,1-2H3. The fraction of sp³-hybridized carbons (Fsp3) is 0.300. The Morgan fingerprint density at radius 2 is 2.33 bits per heavy atom. The maximum absolute atomic E-state index is 4.38. The van der Waals surface area contributed by atoms with Crippen molar-refractivity contribution in [2.45, 2.75) is 6.54 Å². The van der Waals surface area contributed by atoms with Gasteiger partial charge in [0.15, 0.2) is 0 Å². The third kappa shape index (κ3) is 2.85. The molecule has 1 N–H and O–H groups in total. The number of thiazole rings is 1. The number of thiophene rings is 1. The van der Waals surface area contributed by atoms with Gasteiger partial charge in [-0.3, -0.25) is 5.01 Å². The second-order valence-electron chi connectivity index (χ2n) is 3.36. The van der Waals surface area contributed by atoms with Gasteiger partial charge in [0.1, 0.15) is 5.01 Å². The molecular weight excluding hydrogens is 226 g/mol. The molecule has 0 aliphatic rings. The summed E-state index contributed by atoms with van der Waals surface area (Å²) in [6.07, 6.45) is 1.94. The minimum absolute atomic E-state index is 0.793. The molecule has 0 saturated heterocycles. The van der Waals surface area contributed by atoms with Gasteiger partial charge in [0.2, 0.25) is 0 Å². The lowest BCUT2D eigenvalue weighted by Gasteiger charge is -2.09. The molecule has 0 aromatic carbocycles. The molecule has 0 saturated carbocycles. The van der Waals surface area contributed by atoms with E-state index in [1.54, 1.807) is 22.7 Å². The monoisotopic (exact) mass is 239 g/mol. The normalized spacial score (nSPS) is 11.1. The van der Waals surface area contributed by atoms with Crippen molar-refractivity contribution in [3.05, 3.63) is 28.0 Å². The molecule has 2 heterocycles. The van der Waals surface area contributed by atoms with Gasteiger partial charge in [-0.25, -0.2) is 10.4 Å². The summed E-state index contributed by atoms with van der Waals surface area (Å²) in [6, 6.07) is 2.13. The van der Waals surface area contributed by atoms with E-state index in [-0.39, 0.29) is 0 Å². The first-order valence-corrected chi connectivity index (χ1v) is 6.40. The fourth-order valence-corrected chi connectivity index (χ4v) is 2.73. The van der Waals surface area contributed by atoms with Crippen molar-refractivity contribution in [1.82, 2.24) is 15.4 Å². The minimum Gasteiger partial charge on any atom is -0.250 e. The van der Waals surface area contributed by atoms with Crippen LogP contribution in [0.4, 0.5) is 0 Å². The molecule has 0 fully saturated rings. The first kappa shape index (κ1) is 10.8. The Morgan fingerprint density at radius 3 is 3.00 bits per heavy atom. The van der Waals surface area contributed by atoms with Gasteiger partial charge in [-0.1, -0.05) is 0 Å². The lowest BCUT2D eigenvalue weighted by atomic mass is 10.3. The Labute approximate surface area is 97.4 Å². The molecule has 0 radical (unpaired) electrons. The molecule has 15 heavy (non-hydrogen) atoms. The topological polar surface area (TPSA) is 28.2 Å². The molecule has 0 amide bonds. The van der Waals surface area contributed by atoms with E-state index in [1.165, 1.54) is 10.4 Å². The summed E-state index contributed by atoms with van der Waals surface area (Å²) in [5, 5.41) is 7.29. The maximum Gasteiger partial charge on any atom is 0.108 e. The maximum atomic E-state index is 4.38. The molecular formula is C10H13N3S2. The minimum atomic E-state index is 0.793.